The Balaban J connectivity index is 1.49. The molecule has 0 spiro atoms. The molecule has 0 fully saturated rings. The van der Waals surface area contributed by atoms with Crippen molar-refractivity contribution in [1.29, 1.82) is 0 Å². The fourth-order valence-corrected chi connectivity index (χ4v) is 2.71. The van der Waals surface area contributed by atoms with Crippen LogP contribution >= 0.6 is 0 Å². The van der Waals surface area contributed by atoms with Crippen LogP contribution in [-0.4, -0.2) is 42.3 Å². The van der Waals surface area contributed by atoms with Crippen molar-refractivity contribution in [2.45, 2.75) is 19.7 Å². The smallest absolute Gasteiger partial charge is 0.272 e. The zero-order valence-corrected chi connectivity index (χ0v) is 13.4. The summed E-state index contributed by atoms with van der Waals surface area (Å²) in [5.41, 5.74) is 2.03. The SMILES string of the molecule is O=C(c1ccccn1)N1CCn2nnc(COc3ccccn3)c2C1. The van der Waals surface area contributed by atoms with Gasteiger partial charge < -0.3 is 9.64 Å². The van der Waals surface area contributed by atoms with E-state index in [4.69, 9.17) is 4.74 Å². The highest BCUT2D eigenvalue weighted by Gasteiger charge is 2.26. The van der Waals surface area contributed by atoms with Crippen molar-refractivity contribution in [2.24, 2.45) is 0 Å². The van der Waals surface area contributed by atoms with Gasteiger partial charge in [-0.3, -0.25) is 9.78 Å². The fourth-order valence-electron chi connectivity index (χ4n) is 2.71. The van der Waals surface area contributed by atoms with E-state index in [2.05, 4.69) is 20.3 Å². The Morgan fingerprint density at radius 2 is 1.92 bits per heavy atom. The van der Waals surface area contributed by atoms with Crippen LogP contribution in [0.3, 0.4) is 0 Å². The number of aromatic nitrogens is 5. The monoisotopic (exact) mass is 336 g/mol. The van der Waals surface area contributed by atoms with E-state index in [1.54, 1.807) is 35.5 Å². The number of carbonyl (C=O) groups excluding carboxylic acids is 1. The van der Waals surface area contributed by atoms with Gasteiger partial charge in [-0.2, -0.15) is 0 Å². The summed E-state index contributed by atoms with van der Waals surface area (Å²) in [6.07, 6.45) is 3.29. The summed E-state index contributed by atoms with van der Waals surface area (Å²) in [7, 11) is 0. The quantitative estimate of drug-likeness (QED) is 0.714. The minimum Gasteiger partial charge on any atom is -0.471 e. The van der Waals surface area contributed by atoms with E-state index >= 15 is 0 Å². The van der Waals surface area contributed by atoms with Gasteiger partial charge >= 0.3 is 0 Å². The molecule has 4 heterocycles. The lowest BCUT2D eigenvalue weighted by Crippen LogP contribution is -2.39. The zero-order valence-electron chi connectivity index (χ0n) is 13.4. The second kappa shape index (κ2) is 6.68. The molecule has 3 aromatic rings. The molecule has 126 valence electrons. The predicted octanol–water partition coefficient (Wildman–Crippen LogP) is 1.30. The van der Waals surface area contributed by atoms with Crippen LogP contribution in [0.5, 0.6) is 5.88 Å². The highest BCUT2D eigenvalue weighted by atomic mass is 16.5. The molecule has 1 aliphatic heterocycles. The average molecular weight is 336 g/mol. The second-order valence-corrected chi connectivity index (χ2v) is 5.60. The molecule has 0 radical (unpaired) electrons. The maximum Gasteiger partial charge on any atom is 0.272 e. The molecule has 0 unspecified atom stereocenters. The number of hydrogen-bond donors (Lipinski definition) is 0. The maximum absolute atomic E-state index is 12.6. The van der Waals surface area contributed by atoms with Gasteiger partial charge in [0.15, 0.2) is 0 Å². The van der Waals surface area contributed by atoms with Crippen LogP contribution in [-0.2, 0) is 19.7 Å². The third kappa shape index (κ3) is 3.18. The first kappa shape index (κ1) is 15.3. The number of hydrogen-bond acceptors (Lipinski definition) is 6. The molecule has 0 bridgehead atoms. The standard InChI is InChI=1S/C17H16N6O2/c24-17(13-5-1-3-7-18-13)22-9-10-23-15(11-22)14(20-21-23)12-25-16-6-2-4-8-19-16/h1-8H,9-12H2. The largest absolute Gasteiger partial charge is 0.471 e. The van der Waals surface area contributed by atoms with Crippen molar-refractivity contribution >= 4 is 5.91 Å². The van der Waals surface area contributed by atoms with Gasteiger partial charge in [0.1, 0.15) is 18.0 Å². The molecular formula is C17H16N6O2. The highest BCUT2D eigenvalue weighted by Crippen LogP contribution is 2.18. The lowest BCUT2D eigenvalue weighted by Gasteiger charge is -2.27. The lowest BCUT2D eigenvalue weighted by atomic mass is 10.2. The van der Waals surface area contributed by atoms with Crippen LogP contribution in [0, 0.1) is 0 Å². The minimum absolute atomic E-state index is 0.0929. The Labute approximate surface area is 144 Å². The van der Waals surface area contributed by atoms with E-state index in [0.29, 0.717) is 36.9 Å². The molecule has 0 atom stereocenters. The number of rotatable bonds is 4. The lowest BCUT2D eigenvalue weighted by molar-refractivity contribution is 0.0698. The summed E-state index contributed by atoms with van der Waals surface area (Å²) in [6, 6.07) is 10.8. The number of pyridine rings is 2. The topological polar surface area (TPSA) is 86.0 Å². The molecule has 25 heavy (non-hydrogen) atoms. The van der Waals surface area contributed by atoms with Gasteiger partial charge in [0.2, 0.25) is 5.88 Å². The van der Waals surface area contributed by atoms with Gasteiger partial charge in [-0.15, -0.1) is 5.10 Å². The molecule has 0 saturated heterocycles. The second-order valence-electron chi connectivity index (χ2n) is 5.60. The third-order valence-electron chi connectivity index (χ3n) is 4.01. The van der Waals surface area contributed by atoms with Gasteiger partial charge in [-0.05, 0) is 18.2 Å². The molecule has 0 saturated carbocycles. The van der Waals surface area contributed by atoms with Gasteiger partial charge in [-0.1, -0.05) is 17.3 Å². The molecule has 1 amide bonds. The average Bonchev–Trinajstić information content (AvgIpc) is 3.09. The van der Waals surface area contributed by atoms with E-state index in [9.17, 15) is 4.79 Å². The van der Waals surface area contributed by atoms with E-state index in [1.165, 1.54) is 0 Å². The van der Waals surface area contributed by atoms with Crippen molar-refractivity contribution in [1.82, 2.24) is 29.9 Å². The number of ether oxygens (including phenoxy) is 1. The molecule has 3 aromatic heterocycles. The van der Waals surface area contributed by atoms with Gasteiger partial charge in [-0.25, -0.2) is 9.67 Å². The molecule has 8 heteroatoms. The van der Waals surface area contributed by atoms with Crippen LogP contribution in [0.1, 0.15) is 21.9 Å². The predicted molar refractivity (Wildman–Crippen MR) is 87.6 cm³/mol. The van der Waals surface area contributed by atoms with Crippen LogP contribution < -0.4 is 4.74 Å². The molecular weight excluding hydrogens is 320 g/mol. The molecule has 0 aliphatic carbocycles. The summed E-state index contributed by atoms with van der Waals surface area (Å²) < 4.78 is 7.47. The van der Waals surface area contributed by atoms with Crippen molar-refractivity contribution in [3.63, 3.8) is 0 Å². The maximum atomic E-state index is 12.6. The van der Waals surface area contributed by atoms with Crippen molar-refractivity contribution in [3.8, 4) is 5.88 Å². The van der Waals surface area contributed by atoms with Crippen LogP contribution in [0.15, 0.2) is 48.8 Å². The van der Waals surface area contributed by atoms with Crippen LogP contribution in [0.2, 0.25) is 0 Å². The molecule has 8 nitrogen and oxygen atoms in total. The first-order valence-corrected chi connectivity index (χ1v) is 7.96. The molecule has 4 rings (SSSR count). The Morgan fingerprint density at radius 1 is 1.08 bits per heavy atom. The van der Waals surface area contributed by atoms with Crippen molar-refractivity contribution < 1.29 is 9.53 Å². The van der Waals surface area contributed by atoms with E-state index in [1.807, 2.05) is 22.9 Å². The molecule has 0 aromatic carbocycles. The molecule has 1 aliphatic rings. The van der Waals surface area contributed by atoms with Gasteiger partial charge in [0, 0.05) is 25.0 Å². The van der Waals surface area contributed by atoms with Crippen LogP contribution in [0.25, 0.3) is 0 Å². The molecule has 0 N–H and O–H groups in total. The zero-order chi connectivity index (χ0) is 17.1. The number of amides is 1. The Bertz CT molecular complexity index is 865. The third-order valence-corrected chi connectivity index (χ3v) is 4.01. The Morgan fingerprint density at radius 3 is 2.68 bits per heavy atom. The number of carbonyl (C=O) groups is 1. The first-order valence-electron chi connectivity index (χ1n) is 7.96. The Kier molecular flexibility index (Phi) is 4.07. The number of nitrogens with zero attached hydrogens (tertiary/aromatic N) is 6. The van der Waals surface area contributed by atoms with E-state index in [-0.39, 0.29) is 12.5 Å². The summed E-state index contributed by atoms with van der Waals surface area (Å²) >= 11 is 0. The normalized spacial score (nSPS) is 13.4. The van der Waals surface area contributed by atoms with Crippen molar-refractivity contribution in [2.75, 3.05) is 6.54 Å². The van der Waals surface area contributed by atoms with E-state index < -0.39 is 0 Å². The summed E-state index contributed by atoms with van der Waals surface area (Å²) in [5, 5.41) is 8.33. The van der Waals surface area contributed by atoms with Gasteiger partial charge in [0.05, 0.1) is 18.8 Å². The first-order chi connectivity index (χ1) is 12.3. The summed E-state index contributed by atoms with van der Waals surface area (Å²) in [5.74, 6) is 0.436. The highest BCUT2D eigenvalue weighted by molar-refractivity contribution is 5.92. The Hall–Kier alpha value is -3.29. The number of fused-ring (bicyclic) bond motifs is 1. The van der Waals surface area contributed by atoms with E-state index in [0.717, 1.165) is 5.69 Å². The fraction of sp³-hybridized carbons (Fsp3) is 0.235. The summed E-state index contributed by atoms with van der Waals surface area (Å²) in [4.78, 5) is 22.6. The van der Waals surface area contributed by atoms with Crippen LogP contribution in [0.4, 0.5) is 0 Å². The van der Waals surface area contributed by atoms with Gasteiger partial charge in [0.25, 0.3) is 5.91 Å². The van der Waals surface area contributed by atoms with Crippen molar-refractivity contribution in [3.05, 3.63) is 65.9 Å². The minimum atomic E-state index is -0.0929. The summed E-state index contributed by atoms with van der Waals surface area (Å²) in [6.45, 7) is 1.87.